The van der Waals surface area contributed by atoms with Crippen LogP contribution in [0.3, 0.4) is 0 Å². The fourth-order valence-electron chi connectivity index (χ4n) is 3.72. The number of carbonyl (C=O) groups excluding carboxylic acids is 1. The SMILES string of the molecule is CCN1CCN(C(C)(C)CNC(=O)Cc2nc(-c3ccc(C)cc3)oc2C)CC1. The minimum absolute atomic E-state index is 0.0166. The van der Waals surface area contributed by atoms with Gasteiger partial charge in [-0.05, 0) is 46.4 Å². The van der Waals surface area contributed by atoms with Gasteiger partial charge < -0.3 is 14.6 Å². The Morgan fingerprint density at radius 3 is 2.41 bits per heavy atom. The van der Waals surface area contributed by atoms with Gasteiger partial charge in [0.2, 0.25) is 11.8 Å². The Morgan fingerprint density at radius 1 is 1.14 bits per heavy atom. The molecule has 1 saturated heterocycles. The molecule has 0 atom stereocenters. The second-order valence-corrected chi connectivity index (χ2v) is 8.58. The largest absolute Gasteiger partial charge is 0.441 e. The van der Waals surface area contributed by atoms with E-state index in [1.165, 1.54) is 5.56 Å². The van der Waals surface area contributed by atoms with E-state index < -0.39 is 0 Å². The van der Waals surface area contributed by atoms with Gasteiger partial charge in [-0.2, -0.15) is 0 Å². The third-order valence-electron chi connectivity index (χ3n) is 5.91. The van der Waals surface area contributed by atoms with Gasteiger partial charge in [0.05, 0.1) is 12.1 Å². The molecule has 3 rings (SSSR count). The van der Waals surface area contributed by atoms with Crippen LogP contribution in [0.4, 0.5) is 0 Å². The molecule has 158 valence electrons. The molecule has 29 heavy (non-hydrogen) atoms. The number of hydrogen-bond donors (Lipinski definition) is 1. The van der Waals surface area contributed by atoms with Gasteiger partial charge in [0, 0.05) is 43.8 Å². The number of benzene rings is 1. The van der Waals surface area contributed by atoms with E-state index in [-0.39, 0.29) is 17.9 Å². The zero-order valence-electron chi connectivity index (χ0n) is 18.4. The van der Waals surface area contributed by atoms with Gasteiger partial charge in [0.15, 0.2) is 0 Å². The molecule has 1 amide bonds. The van der Waals surface area contributed by atoms with Crippen LogP contribution in [-0.2, 0) is 11.2 Å². The topological polar surface area (TPSA) is 61.6 Å². The Kier molecular flexibility index (Phi) is 6.75. The summed E-state index contributed by atoms with van der Waals surface area (Å²) in [6.45, 7) is 16.5. The van der Waals surface area contributed by atoms with Crippen molar-refractivity contribution in [1.29, 1.82) is 0 Å². The molecule has 2 aromatic rings. The summed E-state index contributed by atoms with van der Waals surface area (Å²) in [4.78, 5) is 22.1. The van der Waals surface area contributed by atoms with Gasteiger partial charge >= 0.3 is 0 Å². The summed E-state index contributed by atoms with van der Waals surface area (Å²) in [7, 11) is 0. The van der Waals surface area contributed by atoms with Crippen molar-refractivity contribution >= 4 is 5.91 Å². The summed E-state index contributed by atoms with van der Waals surface area (Å²) in [5.74, 6) is 1.25. The molecule has 1 aromatic carbocycles. The maximum atomic E-state index is 12.6. The average Bonchev–Trinajstić information content (AvgIpc) is 3.07. The van der Waals surface area contributed by atoms with E-state index in [1.807, 2.05) is 38.1 Å². The van der Waals surface area contributed by atoms with Crippen molar-refractivity contribution in [2.45, 2.75) is 46.6 Å². The van der Waals surface area contributed by atoms with Crippen LogP contribution in [0.2, 0.25) is 0 Å². The van der Waals surface area contributed by atoms with Crippen LogP contribution in [0.25, 0.3) is 11.5 Å². The third-order valence-corrected chi connectivity index (χ3v) is 5.91. The number of oxazole rings is 1. The van der Waals surface area contributed by atoms with Gasteiger partial charge in [-0.3, -0.25) is 9.69 Å². The van der Waals surface area contributed by atoms with Crippen LogP contribution in [0.5, 0.6) is 0 Å². The van der Waals surface area contributed by atoms with Crippen LogP contribution in [0.1, 0.15) is 37.8 Å². The Hall–Kier alpha value is -2.18. The lowest BCUT2D eigenvalue weighted by atomic mass is 10.0. The summed E-state index contributed by atoms with van der Waals surface area (Å²) in [5, 5.41) is 3.10. The standard InChI is InChI=1S/C23H34N4O2/c1-6-26-11-13-27(14-12-26)23(4,5)16-24-21(28)15-20-18(3)29-22(25-20)19-9-7-17(2)8-10-19/h7-10H,6,11-16H2,1-5H3,(H,24,28). The molecule has 1 aliphatic rings. The molecule has 0 spiro atoms. The number of nitrogens with one attached hydrogen (secondary N) is 1. The lowest BCUT2D eigenvalue weighted by Crippen LogP contribution is -2.58. The monoisotopic (exact) mass is 398 g/mol. The predicted molar refractivity (Wildman–Crippen MR) is 116 cm³/mol. The highest BCUT2D eigenvalue weighted by Crippen LogP contribution is 2.22. The van der Waals surface area contributed by atoms with Crippen molar-refractivity contribution < 1.29 is 9.21 Å². The number of aromatic nitrogens is 1. The van der Waals surface area contributed by atoms with Crippen LogP contribution in [0, 0.1) is 13.8 Å². The van der Waals surface area contributed by atoms with E-state index in [0.29, 0.717) is 23.9 Å². The van der Waals surface area contributed by atoms with E-state index >= 15 is 0 Å². The molecule has 1 fully saturated rings. The molecule has 0 unspecified atom stereocenters. The Bertz CT molecular complexity index is 818. The highest BCUT2D eigenvalue weighted by atomic mass is 16.4. The number of piperazine rings is 1. The number of rotatable bonds is 7. The minimum Gasteiger partial charge on any atom is -0.441 e. The summed E-state index contributed by atoms with van der Waals surface area (Å²) in [5.41, 5.74) is 2.75. The molecule has 1 aliphatic heterocycles. The second kappa shape index (κ2) is 9.09. The molecule has 6 heteroatoms. The number of hydrogen-bond acceptors (Lipinski definition) is 5. The predicted octanol–water partition coefficient (Wildman–Crippen LogP) is 3.03. The summed E-state index contributed by atoms with van der Waals surface area (Å²) >= 11 is 0. The molecule has 0 aliphatic carbocycles. The maximum absolute atomic E-state index is 12.6. The number of carbonyl (C=O) groups is 1. The minimum atomic E-state index is -0.0680. The molecule has 1 N–H and O–H groups in total. The highest BCUT2D eigenvalue weighted by molar-refractivity contribution is 5.78. The zero-order valence-corrected chi connectivity index (χ0v) is 18.4. The van der Waals surface area contributed by atoms with Gasteiger partial charge in [0.1, 0.15) is 5.76 Å². The van der Waals surface area contributed by atoms with E-state index in [2.05, 4.69) is 40.9 Å². The molecule has 6 nitrogen and oxygen atoms in total. The van der Waals surface area contributed by atoms with Crippen LogP contribution >= 0.6 is 0 Å². The molecule has 1 aromatic heterocycles. The van der Waals surface area contributed by atoms with Crippen molar-refractivity contribution in [2.24, 2.45) is 0 Å². The smallest absolute Gasteiger partial charge is 0.226 e. The van der Waals surface area contributed by atoms with Crippen LogP contribution in [0.15, 0.2) is 28.7 Å². The second-order valence-electron chi connectivity index (χ2n) is 8.58. The Morgan fingerprint density at radius 2 is 1.79 bits per heavy atom. The third kappa shape index (κ3) is 5.46. The fraction of sp³-hybridized carbons (Fsp3) is 0.565. The first-order valence-electron chi connectivity index (χ1n) is 10.6. The van der Waals surface area contributed by atoms with E-state index in [1.54, 1.807) is 0 Å². The van der Waals surface area contributed by atoms with Crippen molar-refractivity contribution in [3.05, 3.63) is 41.3 Å². The summed E-state index contributed by atoms with van der Waals surface area (Å²) in [6.07, 6.45) is 0.237. The number of amides is 1. The van der Waals surface area contributed by atoms with E-state index in [4.69, 9.17) is 4.42 Å². The number of nitrogens with zero attached hydrogens (tertiary/aromatic N) is 3. The quantitative estimate of drug-likeness (QED) is 0.777. The van der Waals surface area contributed by atoms with Crippen LogP contribution in [-0.4, -0.2) is 65.5 Å². The zero-order chi connectivity index (χ0) is 21.0. The summed E-state index contributed by atoms with van der Waals surface area (Å²) in [6, 6.07) is 8.05. The van der Waals surface area contributed by atoms with Gasteiger partial charge in [-0.25, -0.2) is 4.98 Å². The van der Waals surface area contributed by atoms with Gasteiger partial charge in [-0.1, -0.05) is 24.6 Å². The molecule has 0 saturated carbocycles. The lowest BCUT2D eigenvalue weighted by Gasteiger charge is -2.44. The Labute approximate surface area is 174 Å². The van der Waals surface area contributed by atoms with E-state index in [0.717, 1.165) is 38.3 Å². The van der Waals surface area contributed by atoms with Gasteiger partial charge in [-0.15, -0.1) is 0 Å². The number of likely N-dealkylation sites (N-methyl/N-ethyl adjacent to an activating group) is 1. The number of aryl methyl sites for hydroxylation is 2. The van der Waals surface area contributed by atoms with Gasteiger partial charge in [0.25, 0.3) is 0 Å². The molecular weight excluding hydrogens is 364 g/mol. The molecule has 0 radical (unpaired) electrons. The van der Waals surface area contributed by atoms with E-state index in [9.17, 15) is 4.79 Å². The normalized spacial score (nSPS) is 16.2. The first-order chi connectivity index (χ1) is 13.8. The van der Waals surface area contributed by atoms with Crippen molar-refractivity contribution in [1.82, 2.24) is 20.1 Å². The summed E-state index contributed by atoms with van der Waals surface area (Å²) < 4.78 is 5.80. The average molecular weight is 399 g/mol. The lowest BCUT2D eigenvalue weighted by molar-refractivity contribution is -0.121. The molecular formula is C23H34N4O2. The van der Waals surface area contributed by atoms with Crippen molar-refractivity contribution in [2.75, 3.05) is 39.3 Å². The molecule has 2 heterocycles. The van der Waals surface area contributed by atoms with Crippen LogP contribution < -0.4 is 5.32 Å². The fourth-order valence-corrected chi connectivity index (χ4v) is 3.72. The molecule has 0 bridgehead atoms. The first-order valence-corrected chi connectivity index (χ1v) is 10.6. The Balaban J connectivity index is 1.55. The first kappa shape index (κ1) is 21.5. The van der Waals surface area contributed by atoms with Crippen molar-refractivity contribution in [3.8, 4) is 11.5 Å². The highest BCUT2D eigenvalue weighted by Gasteiger charge is 2.30. The van der Waals surface area contributed by atoms with Crippen molar-refractivity contribution in [3.63, 3.8) is 0 Å². The maximum Gasteiger partial charge on any atom is 0.226 e.